The van der Waals surface area contributed by atoms with Gasteiger partial charge in [-0.05, 0) is 42.0 Å². The minimum absolute atomic E-state index is 0.115. The highest BCUT2D eigenvalue weighted by molar-refractivity contribution is 6.33. The van der Waals surface area contributed by atoms with E-state index in [-0.39, 0.29) is 10.7 Å². The summed E-state index contributed by atoms with van der Waals surface area (Å²) >= 11 is 6.16. The molecule has 0 radical (unpaired) electrons. The molecule has 2 N–H and O–H groups in total. The summed E-state index contributed by atoms with van der Waals surface area (Å²) in [4.78, 5) is 23.9. The maximum atomic E-state index is 13.6. The summed E-state index contributed by atoms with van der Waals surface area (Å²) in [6, 6.07) is 10.3. The van der Waals surface area contributed by atoms with E-state index < -0.39 is 40.9 Å². The molecule has 0 aliphatic rings. The Bertz CT molecular complexity index is 1130. The molecule has 0 saturated heterocycles. The first-order valence-corrected chi connectivity index (χ1v) is 8.97. The van der Waals surface area contributed by atoms with Gasteiger partial charge in [-0.25, -0.2) is 13.6 Å². The monoisotopic (exact) mass is 454 g/mol. The fourth-order valence-electron chi connectivity index (χ4n) is 2.71. The average Bonchev–Trinajstić information content (AvgIpc) is 2.67. The molecule has 0 aliphatic heterocycles. The van der Waals surface area contributed by atoms with E-state index >= 15 is 0 Å². The number of halogens is 6. The van der Waals surface area contributed by atoms with E-state index in [0.29, 0.717) is 11.1 Å². The number of urea groups is 1. The lowest BCUT2D eigenvalue weighted by Crippen LogP contribution is -2.35. The van der Waals surface area contributed by atoms with Crippen LogP contribution in [0.4, 0.5) is 32.4 Å². The van der Waals surface area contributed by atoms with Crippen LogP contribution in [0.1, 0.15) is 15.9 Å². The second kappa shape index (κ2) is 8.73. The van der Waals surface area contributed by atoms with Crippen molar-refractivity contribution < 1.29 is 31.5 Å². The molecule has 0 unspecified atom stereocenters. The van der Waals surface area contributed by atoms with Gasteiger partial charge in [0, 0.05) is 11.3 Å². The second-order valence-corrected chi connectivity index (χ2v) is 6.68. The number of hydrogen-bond acceptors (Lipinski definition) is 2. The Hall–Kier alpha value is -3.46. The molecule has 3 aromatic rings. The molecule has 0 heterocycles. The predicted molar refractivity (Wildman–Crippen MR) is 105 cm³/mol. The quantitative estimate of drug-likeness (QED) is 0.458. The lowest BCUT2D eigenvalue weighted by Gasteiger charge is -2.11. The highest BCUT2D eigenvalue weighted by atomic mass is 35.5. The molecule has 0 aliphatic carbocycles. The molecule has 3 amide bonds. The molecule has 31 heavy (non-hydrogen) atoms. The summed E-state index contributed by atoms with van der Waals surface area (Å²) in [6.07, 6.45) is -4.47. The molecule has 160 valence electrons. The van der Waals surface area contributed by atoms with Crippen LogP contribution in [0.25, 0.3) is 11.1 Å². The SMILES string of the molecule is O=C(NC(=O)c1c(F)cccc1F)Nc1ccc(-c2ccc(C(F)(F)F)cc2)c(Cl)c1. The van der Waals surface area contributed by atoms with Gasteiger partial charge in [-0.3, -0.25) is 10.1 Å². The van der Waals surface area contributed by atoms with Crippen LogP contribution in [-0.4, -0.2) is 11.9 Å². The first-order chi connectivity index (χ1) is 14.6. The smallest absolute Gasteiger partial charge is 0.308 e. The van der Waals surface area contributed by atoms with Crippen LogP contribution in [0.3, 0.4) is 0 Å². The van der Waals surface area contributed by atoms with Crippen LogP contribution in [0.15, 0.2) is 60.7 Å². The Morgan fingerprint density at radius 3 is 2.03 bits per heavy atom. The number of benzene rings is 3. The number of nitrogens with one attached hydrogen (secondary N) is 2. The normalized spacial score (nSPS) is 11.2. The van der Waals surface area contributed by atoms with Gasteiger partial charge < -0.3 is 5.32 Å². The van der Waals surface area contributed by atoms with Crippen LogP contribution in [-0.2, 0) is 6.18 Å². The van der Waals surface area contributed by atoms with E-state index in [1.54, 1.807) is 5.32 Å². The van der Waals surface area contributed by atoms with Crippen molar-refractivity contribution in [2.24, 2.45) is 0 Å². The van der Waals surface area contributed by atoms with Gasteiger partial charge in [-0.2, -0.15) is 13.2 Å². The third kappa shape index (κ3) is 5.18. The fourth-order valence-corrected chi connectivity index (χ4v) is 3.00. The zero-order chi connectivity index (χ0) is 22.8. The third-order valence-electron chi connectivity index (χ3n) is 4.17. The molecular formula is C21H12ClF5N2O2. The second-order valence-electron chi connectivity index (χ2n) is 6.27. The van der Waals surface area contributed by atoms with Crippen molar-refractivity contribution in [1.29, 1.82) is 0 Å². The van der Waals surface area contributed by atoms with Crippen LogP contribution < -0.4 is 10.6 Å². The van der Waals surface area contributed by atoms with Crippen LogP contribution >= 0.6 is 11.6 Å². The fraction of sp³-hybridized carbons (Fsp3) is 0.0476. The molecule has 3 aromatic carbocycles. The van der Waals surface area contributed by atoms with E-state index in [4.69, 9.17) is 11.6 Å². The topological polar surface area (TPSA) is 58.2 Å². The first-order valence-electron chi connectivity index (χ1n) is 8.60. The van der Waals surface area contributed by atoms with Crippen molar-refractivity contribution in [3.63, 3.8) is 0 Å². The lowest BCUT2D eigenvalue weighted by molar-refractivity contribution is -0.137. The summed E-state index contributed by atoms with van der Waals surface area (Å²) in [5.74, 6) is -3.54. The molecule has 0 saturated carbocycles. The Morgan fingerprint density at radius 2 is 1.48 bits per heavy atom. The van der Waals surface area contributed by atoms with Gasteiger partial charge >= 0.3 is 12.2 Å². The highest BCUT2D eigenvalue weighted by Crippen LogP contribution is 2.34. The van der Waals surface area contributed by atoms with Gasteiger partial charge in [-0.15, -0.1) is 0 Å². The van der Waals surface area contributed by atoms with E-state index in [1.165, 1.54) is 30.3 Å². The number of imide groups is 1. The molecular weight excluding hydrogens is 443 g/mol. The minimum atomic E-state index is -4.47. The number of anilines is 1. The number of carbonyl (C=O) groups is 2. The van der Waals surface area contributed by atoms with Crippen LogP contribution in [0.5, 0.6) is 0 Å². The molecule has 0 spiro atoms. The Kier molecular flexibility index (Phi) is 6.26. The minimum Gasteiger partial charge on any atom is -0.308 e. The summed E-state index contributed by atoms with van der Waals surface area (Å²) in [5, 5.41) is 4.19. The van der Waals surface area contributed by atoms with E-state index in [2.05, 4.69) is 5.32 Å². The Morgan fingerprint density at radius 1 is 0.871 bits per heavy atom. The molecule has 0 atom stereocenters. The van der Waals surface area contributed by atoms with Crippen molar-refractivity contribution in [3.8, 4) is 11.1 Å². The standard InChI is InChI=1S/C21H12ClF5N2O2/c22-15-10-13(8-9-14(15)11-4-6-12(7-5-11)21(25,26)27)28-20(31)29-19(30)18-16(23)2-1-3-17(18)24/h1-10H,(H2,28,29,30,31). The van der Waals surface area contributed by atoms with Gasteiger partial charge in [0.15, 0.2) is 0 Å². The summed E-state index contributed by atoms with van der Waals surface area (Å²) in [6.45, 7) is 0. The van der Waals surface area contributed by atoms with E-state index in [9.17, 15) is 31.5 Å². The van der Waals surface area contributed by atoms with Crippen molar-refractivity contribution in [1.82, 2.24) is 5.32 Å². The lowest BCUT2D eigenvalue weighted by atomic mass is 10.0. The first kappa shape index (κ1) is 22.2. The van der Waals surface area contributed by atoms with Crippen LogP contribution in [0, 0.1) is 11.6 Å². The maximum absolute atomic E-state index is 13.6. The summed E-state index contributed by atoms with van der Waals surface area (Å²) < 4.78 is 65.3. The molecule has 0 aromatic heterocycles. The molecule has 4 nitrogen and oxygen atoms in total. The third-order valence-corrected chi connectivity index (χ3v) is 4.48. The van der Waals surface area contributed by atoms with E-state index in [1.807, 2.05) is 0 Å². The number of alkyl halides is 3. The zero-order valence-electron chi connectivity index (χ0n) is 15.4. The largest absolute Gasteiger partial charge is 0.416 e. The van der Waals surface area contributed by atoms with Crippen molar-refractivity contribution >= 4 is 29.2 Å². The van der Waals surface area contributed by atoms with Crippen molar-refractivity contribution in [2.45, 2.75) is 6.18 Å². The van der Waals surface area contributed by atoms with Crippen molar-refractivity contribution in [2.75, 3.05) is 5.32 Å². The molecule has 0 fully saturated rings. The summed E-state index contributed by atoms with van der Waals surface area (Å²) in [5.41, 5.74) is -0.753. The number of hydrogen-bond donors (Lipinski definition) is 2. The average molecular weight is 455 g/mol. The van der Waals surface area contributed by atoms with Crippen LogP contribution in [0.2, 0.25) is 5.02 Å². The van der Waals surface area contributed by atoms with Gasteiger partial charge in [0.05, 0.1) is 10.6 Å². The molecule has 0 bridgehead atoms. The molecule has 3 rings (SSSR count). The van der Waals surface area contributed by atoms with Gasteiger partial charge in [0.25, 0.3) is 5.91 Å². The highest BCUT2D eigenvalue weighted by Gasteiger charge is 2.30. The van der Waals surface area contributed by atoms with Gasteiger partial charge in [0.2, 0.25) is 0 Å². The number of rotatable bonds is 3. The number of carbonyl (C=O) groups excluding carboxylic acids is 2. The van der Waals surface area contributed by atoms with E-state index in [0.717, 1.165) is 30.3 Å². The molecule has 10 heteroatoms. The Balaban J connectivity index is 1.71. The zero-order valence-corrected chi connectivity index (χ0v) is 16.1. The van der Waals surface area contributed by atoms with Gasteiger partial charge in [0.1, 0.15) is 17.2 Å². The maximum Gasteiger partial charge on any atom is 0.416 e. The van der Waals surface area contributed by atoms with Crippen molar-refractivity contribution in [3.05, 3.63) is 88.4 Å². The number of amides is 3. The Labute approximate surface area is 177 Å². The van der Waals surface area contributed by atoms with Gasteiger partial charge in [-0.1, -0.05) is 35.9 Å². The predicted octanol–water partition coefficient (Wildman–Crippen LogP) is 6.27. The summed E-state index contributed by atoms with van der Waals surface area (Å²) in [7, 11) is 0.